The molecule has 0 unspecified atom stereocenters. The molecule has 3 aliphatic rings. The van der Waals surface area contributed by atoms with E-state index in [0.29, 0.717) is 67.4 Å². The number of methoxy groups -OCH3 is 1. The van der Waals surface area contributed by atoms with Gasteiger partial charge in [0.15, 0.2) is 6.61 Å². The van der Waals surface area contributed by atoms with Crippen LogP contribution in [0.2, 0.25) is 0 Å². The van der Waals surface area contributed by atoms with E-state index in [1.807, 2.05) is 65.1 Å². The maximum atomic E-state index is 13.8. The molecule has 0 spiro atoms. The SMILES string of the molecule is CCc1nccn1CCC(=O)N1CC[C@H]2Oc3ccc(cc3)CNC(=O)COc3cccc(c3)-c3cc(ccc3OC)C(=O)N[C@@H]2C1. The lowest BCUT2D eigenvalue weighted by Gasteiger charge is -2.39. The Kier molecular flexibility index (Phi) is 9.70. The van der Waals surface area contributed by atoms with E-state index in [4.69, 9.17) is 14.2 Å². The number of nitrogens with one attached hydrogen (secondary N) is 2. The molecule has 47 heavy (non-hydrogen) atoms. The van der Waals surface area contributed by atoms with Crippen LogP contribution >= 0.6 is 0 Å². The third kappa shape index (κ3) is 7.57. The zero-order chi connectivity index (χ0) is 32.8. The third-order valence-corrected chi connectivity index (χ3v) is 8.58. The van der Waals surface area contributed by atoms with E-state index in [9.17, 15) is 14.4 Å². The third-order valence-electron chi connectivity index (χ3n) is 8.58. The first-order valence-corrected chi connectivity index (χ1v) is 15.9. The Hall–Kier alpha value is -5.32. The van der Waals surface area contributed by atoms with Gasteiger partial charge in [0, 0.05) is 69.0 Å². The van der Waals surface area contributed by atoms with Crippen LogP contribution in [-0.4, -0.2) is 71.1 Å². The highest BCUT2D eigenvalue weighted by Gasteiger charge is 2.34. The van der Waals surface area contributed by atoms with Crippen LogP contribution in [0.4, 0.5) is 0 Å². The van der Waals surface area contributed by atoms with Crippen LogP contribution in [0.3, 0.4) is 0 Å². The smallest absolute Gasteiger partial charge is 0.258 e. The molecule has 1 saturated heterocycles. The number of piperidine rings is 1. The summed E-state index contributed by atoms with van der Waals surface area (Å²) in [6.45, 7) is 3.60. The minimum atomic E-state index is -0.466. The van der Waals surface area contributed by atoms with Gasteiger partial charge in [0.2, 0.25) is 5.91 Å². The average molecular weight is 638 g/mol. The zero-order valence-corrected chi connectivity index (χ0v) is 26.6. The number of imidazole rings is 1. The molecule has 1 fully saturated rings. The van der Waals surface area contributed by atoms with Crippen molar-refractivity contribution in [1.29, 1.82) is 0 Å². The minimum absolute atomic E-state index is 0.0140. The van der Waals surface area contributed by atoms with Gasteiger partial charge in [-0.3, -0.25) is 14.4 Å². The number of amides is 3. The van der Waals surface area contributed by atoms with Crippen LogP contribution in [0.1, 0.15) is 41.5 Å². The monoisotopic (exact) mass is 637 g/mol. The highest BCUT2D eigenvalue weighted by Crippen LogP contribution is 2.33. The van der Waals surface area contributed by atoms with Crippen molar-refractivity contribution in [2.45, 2.75) is 51.4 Å². The van der Waals surface area contributed by atoms with E-state index >= 15 is 0 Å². The van der Waals surface area contributed by atoms with Crippen molar-refractivity contribution < 1.29 is 28.6 Å². The Labute approximate surface area is 273 Å². The molecule has 3 amide bonds. The first-order chi connectivity index (χ1) is 22.9. The van der Waals surface area contributed by atoms with E-state index < -0.39 is 6.04 Å². The molecule has 4 aromatic rings. The second-order valence-electron chi connectivity index (χ2n) is 11.7. The Morgan fingerprint density at radius 1 is 1.04 bits per heavy atom. The van der Waals surface area contributed by atoms with Gasteiger partial charge in [-0.15, -0.1) is 0 Å². The molecule has 11 nitrogen and oxygen atoms in total. The van der Waals surface area contributed by atoms with Crippen LogP contribution in [0.15, 0.2) is 79.1 Å². The van der Waals surface area contributed by atoms with Crippen LogP contribution < -0.4 is 24.8 Å². The largest absolute Gasteiger partial charge is 0.496 e. The van der Waals surface area contributed by atoms with Crippen LogP contribution in [0.25, 0.3) is 11.1 Å². The summed E-state index contributed by atoms with van der Waals surface area (Å²) in [7, 11) is 1.57. The molecular weight excluding hydrogens is 598 g/mol. The standard InChI is InChI=1S/C36H39N5O6/c1-3-33-37-15-18-40(33)17-14-35(43)41-16-13-32-30(22-41)39-36(44)26-9-12-31(45-2)29(20-26)25-5-4-6-28(19-25)46-23-34(42)38-21-24-7-10-27(47-32)11-8-24/h4-12,15,18-20,30,32H,3,13-14,16-17,21-23H2,1-2H3,(H,38,42)(H,39,44)/t30-,32-/m1/s1. The first kappa shape index (κ1) is 31.7. The van der Waals surface area contributed by atoms with Gasteiger partial charge < -0.3 is 34.3 Å². The molecule has 7 rings (SSSR count). The molecule has 0 aliphatic carbocycles. The number of carbonyl (C=O) groups excluding carboxylic acids is 3. The predicted molar refractivity (Wildman–Crippen MR) is 175 cm³/mol. The second kappa shape index (κ2) is 14.4. The van der Waals surface area contributed by atoms with Gasteiger partial charge in [0.25, 0.3) is 11.8 Å². The van der Waals surface area contributed by atoms with Gasteiger partial charge in [-0.1, -0.05) is 31.2 Å². The summed E-state index contributed by atoms with van der Waals surface area (Å²) in [5.74, 6) is 2.15. The molecule has 2 atom stereocenters. The quantitative estimate of drug-likeness (QED) is 0.339. The van der Waals surface area contributed by atoms with Crippen molar-refractivity contribution in [3.8, 4) is 28.4 Å². The number of aryl methyl sites for hydroxylation is 2. The van der Waals surface area contributed by atoms with Gasteiger partial charge >= 0.3 is 0 Å². The van der Waals surface area contributed by atoms with Crippen molar-refractivity contribution in [3.63, 3.8) is 0 Å². The number of likely N-dealkylation sites (tertiary alicyclic amines) is 1. The normalized spacial score (nSPS) is 18.2. The van der Waals surface area contributed by atoms with Crippen molar-refractivity contribution in [1.82, 2.24) is 25.1 Å². The summed E-state index contributed by atoms with van der Waals surface area (Å²) in [6, 6.07) is 19.6. The van der Waals surface area contributed by atoms with Crippen molar-refractivity contribution in [3.05, 3.63) is 96.1 Å². The van der Waals surface area contributed by atoms with Crippen LogP contribution in [0, 0.1) is 0 Å². The lowest BCUT2D eigenvalue weighted by atomic mass is 9.99. The zero-order valence-electron chi connectivity index (χ0n) is 26.6. The van der Waals surface area contributed by atoms with Gasteiger partial charge in [0.05, 0.1) is 13.2 Å². The Balaban J connectivity index is 1.28. The predicted octanol–water partition coefficient (Wildman–Crippen LogP) is 4.00. The second-order valence-corrected chi connectivity index (χ2v) is 11.7. The summed E-state index contributed by atoms with van der Waals surface area (Å²) in [5, 5.41) is 6.07. The maximum Gasteiger partial charge on any atom is 0.258 e. The number of fused-ring (bicyclic) bond motifs is 7. The number of ether oxygens (including phenoxy) is 3. The molecule has 1 aromatic heterocycles. The topological polar surface area (TPSA) is 124 Å². The van der Waals surface area contributed by atoms with Crippen LogP contribution in [0.5, 0.6) is 17.2 Å². The number of hydrogen-bond donors (Lipinski definition) is 2. The Morgan fingerprint density at radius 2 is 1.89 bits per heavy atom. The summed E-state index contributed by atoms with van der Waals surface area (Å²) in [6.07, 6.45) is 4.95. The summed E-state index contributed by atoms with van der Waals surface area (Å²) in [5.41, 5.74) is 2.80. The van der Waals surface area contributed by atoms with Crippen LogP contribution in [-0.2, 0) is 29.1 Å². The molecule has 6 bridgehead atoms. The number of hydrogen-bond acceptors (Lipinski definition) is 7. The van der Waals surface area contributed by atoms with Crippen molar-refractivity contribution >= 4 is 17.7 Å². The van der Waals surface area contributed by atoms with Gasteiger partial charge in [-0.05, 0) is 53.6 Å². The Morgan fingerprint density at radius 3 is 2.70 bits per heavy atom. The van der Waals surface area contributed by atoms with E-state index in [1.54, 1.807) is 37.6 Å². The van der Waals surface area contributed by atoms with E-state index in [2.05, 4.69) is 15.6 Å². The molecule has 11 heteroatoms. The number of aromatic nitrogens is 2. The molecule has 244 valence electrons. The van der Waals surface area contributed by atoms with E-state index in [1.165, 1.54) is 0 Å². The number of benzene rings is 3. The summed E-state index contributed by atoms with van der Waals surface area (Å²) < 4.78 is 19.9. The number of carbonyl (C=O) groups is 3. The lowest BCUT2D eigenvalue weighted by molar-refractivity contribution is -0.134. The number of nitrogens with zero attached hydrogens (tertiary/aromatic N) is 3. The van der Waals surface area contributed by atoms with Gasteiger partial charge in [-0.25, -0.2) is 4.98 Å². The molecule has 3 aromatic carbocycles. The fraction of sp³-hybridized carbons (Fsp3) is 0.333. The fourth-order valence-corrected chi connectivity index (χ4v) is 6.01. The number of rotatable bonds is 5. The fourth-order valence-electron chi connectivity index (χ4n) is 6.01. The summed E-state index contributed by atoms with van der Waals surface area (Å²) in [4.78, 5) is 45.9. The summed E-state index contributed by atoms with van der Waals surface area (Å²) >= 11 is 0. The molecular formula is C36H39N5O6. The molecule has 2 N–H and O–H groups in total. The van der Waals surface area contributed by atoms with Gasteiger partial charge in [-0.2, -0.15) is 0 Å². The molecule has 3 aliphatic heterocycles. The van der Waals surface area contributed by atoms with Crippen molar-refractivity contribution in [2.75, 3.05) is 26.8 Å². The molecule has 0 saturated carbocycles. The van der Waals surface area contributed by atoms with E-state index in [-0.39, 0.29) is 30.4 Å². The average Bonchev–Trinajstić information content (AvgIpc) is 3.57. The highest BCUT2D eigenvalue weighted by atomic mass is 16.5. The maximum absolute atomic E-state index is 13.8. The minimum Gasteiger partial charge on any atom is -0.496 e. The van der Waals surface area contributed by atoms with Crippen molar-refractivity contribution in [2.24, 2.45) is 0 Å². The molecule has 4 heterocycles. The van der Waals surface area contributed by atoms with E-state index in [0.717, 1.165) is 23.4 Å². The highest BCUT2D eigenvalue weighted by molar-refractivity contribution is 5.96. The lowest BCUT2D eigenvalue weighted by Crippen LogP contribution is -2.58. The molecule has 0 radical (unpaired) electrons. The van der Waals surface area contributed by atoms with Gasteiger partial charge in [0.1, 0.15) is 29.2 Å². The first-order valence-electron chi connectivity index (χ1n) is 15.9. The Bertz CT molecular complexity index is 1740.